The highest BCUT2D eigenvalue weighted by Gasteiger charge is 2.32. The summed E-state index contributed by atoms with van der Waals surface area (Å²) in [5, 5.41) is 9.62. The average molecular weight is 311 g/mol. The number of hydrogen-bond donors (Lipinski definition) is 1. The highest BCUT2D eigenvalue weighted by atomic mass is 16.6. The zero-order valence-electron chi connectivity index (χ0n) is 12.6. The van der Waals surface area contributed by atoms with Crippen LogP contribution in [0.4, 0.5) is 0 Å². The summed E-state index contributed by atoms with van der Waals surface area (Å²) in [6.07, 6.45) is 0.162. The first kappa shape index (κ1) is 13.9. The smallest absolute Gasteiger partial charge is 0.267 e. The van der Waals surface area contributed by atoms with Gasteiger partial charge in [-0.1, -0.05) is 18.2 Å². The molecule has 0 fully saturated rings. The van der Waals surface area contributed by atoms with Crippen LogP contribution in [0.5, 0.6) is 17.2 Å². The Labute approximate surface area is 134 Å². The highest BCUT2D eigenvalue weighted by molar-refractivity contribution is 5.82. The van der Waals surface area contributed by atoms with Crippen molar-refractivity contribution >= 4 is 5.91 Å². The van der Waals surface area contributed by atoms with Crippen LogP contribution in [0.15, 0.2) is 42.5 Å². The molecule has 1 N–H and O–H groups in total. The molecule has 2 aliphatic heterocycles. The Morgan fingerprint density at radius 2 is 1.96 bits per heavy atom. The van der Waals surface area contributed by atoms with E-state index >= 15 is 0 Å². The van der Waals surface area contributed by atoms with Gasteiger partial charge in [0.1, 0.15) is 12.4 Å². The van der Waals surface area contributed by atoms with Crippen molar-refractivity contribution in [3.63, 3.8) is 0 Å². The van der Waals surface area contributed by atoms with E-state index in [1.807, 2.05) is 24.3 Å². The fraction of sp³-hybridized carbons (Fsp3) is 0.278. The van der Waals surface area contributed by atoms with Crippen LogP contribution in [0.25, 0.3) is 0 Å². The molecular weight excluding hydrogens is 294 g/mol. The number of fused-ring (bicyclic) bond motifs is 2. The number of para-hydroxylation sites is 2. The number of rotatable bonds is 1. The van der Waals surface area contributed by atoms with E-state index in [1.54, 1.807) is 23.1 Å². The molecule has 2 aliphatic rings. The van der Waals surface area contributed by atoms with Gasteiger partial charge in [0.15, 0.2) is 11.5 Å². The number of nitrogens with zero attached hydrogens (tertiary/aromatic N) is 1. The first-order valence-electron chi connectivity index (χ1n) is 7.69. The zero-order valence-corrected chi connectivity index (χ0v) is 12.6. The van der Waals surface area contributed by atoms with Gasteiger partial charge in [-0.15, -0.1) is 0 Å². The third-order valence-corrected chi connectivity index (χ3v) is 4.30. The van der Waals surface area contributed by atoms with Crippen molar-refractivity contribution in [3.05, 3.63) is 53.6 Å². The van der Waals surface area contributed by atoms with Crippen molar-refractivity contribution in [2.45, 2.75) is 19.1 Å². The molecule has 2 aromatic carbocycles. The molecule has 0 bridgehead atoms. The largest absolute Gasteiger partial charge is 0.508 e. The van der Waals surface area contributed by atoms with Gasteiger partial charge in [-0.05, 0) is 41.8 Å². The van der Waals surface area contributed by atoms with Crippen molar-refractivity contribution in [1.82, 2.24) is 4.90 Å². The minimum Gasteiger partial charge on any atom is -0.508 e. The SMILES string of the molecule is O=C([C@@H]1COc2ccccc2O1)N1CCc2ccc(O)cc2C1. The van der Waals surface area contributed by atoms with Crippen LogP contribution < -0.4 is 9.47 Å². The summed E-state index contributed by atoms with van der Waals surface area (Å²) in [5.74, 6) is 1.43. The maximum Gasteiger partial charge on any atom is 0.267 e. The summed E-state index contributed by atoms with van der Waals surface area (Å²) in [4.78, 5) is 14.5. The van der Waals surface area contributed by atoms with E-state index in [1.165, 1.54) is 5.56 Å². The Morgan fingerprint density at radius 3 is 2.83 bits per heavy atom. The van der Waals surface area contributed by atoms with Gasteiger partial charge < -0.3 is 19.5 Å². The van der Waals surface area contributed by atoms with Gasteiger partial charge in [0.25, 0.3) is 5.91 Å². The Bertz CT molecular complexity index is 758. The van der Waals surface area contributed by atoms with E-state index in [0.717, 1.165) is 12.0 Å². The number of carbonyl (C=O) groups excluding carboxylic acids is 1. The maximum atomic E-state index is 12.7. The van der Waals surface area contributed by atoms with E-state index in [2.05, 4.69) is 0 Å². The van der Waals surface area contributed by atoms with Crippen molar-refractivity contribution in [2.75, 3.05) is 13.2 Å². The summed E-state index contributed by atoms with van der Waals surface area (Å²) in [6, 6.07) is 12.7. The van der Waals surface area contributed by atoms with E-state index in [9.17, 15) is 9.90 Å². The Hall–Kier alpha value is -2.69. The predicted molar refractivity (Wildman–Crippen MR) is 83.6 cm³/mol. The number of benzene rings is 2. The number of phenols is 1. The van der Waals surface area contributed by atoms with Gasteiger partial charge in [-0.3, -0.25) is 4.79 Å². The molecular formula is C18H17NO4. The standard InChI is InChI=1S/C18H17NO4/c20-14-6-5-12-7-8-19(10-13(12)9-14)18(21)17-11-22-15-3-1-2-4-16(15)23-17/h1-6,9,17,20H,7-8,10-11H2/t17-/m0/s1. The highest BCUT2D eigenvalue weighted by Crippen LogP contribution is 2.32. The molecule has 0 saturated heterocycles. The molecule has 2 heterocycles. The van der Waals surface area contributed by atoms with Crippen molar-refractivity contribution in [1.29, 1.82) is 0 Å². The van der Waals surface area contributed by atoms with Gasteiger partial charge in [0.2, 0.25) is 6.10 Å². The average Bonchev–Trinajstić information content (AvgIpc) is 2.60. The van der Waals surface area contributed by atoms with E-state index in [0.29, 0.717) is 24.6 Å². The quantitative estimate of drug-likeness (QED) is 0.876. The van der Waals surface area contributed by atoms with Crippen molar-refractivity contribution in [3.8, 4) is 17.2 Å². The van der Waals surface area contributed by atoms with Crippen molar-refractivity contribution < 1.29 is 19.4 Å². The number of ether oxygens (including phenoxy) is 2. The molecule has 4 rings (SSSR count). The Morgan fingerprint density at radius 1 is 1.13 bits per heavy atom. The molecule has 0 aromatic heterocycles. The second-order valence-corrected chi connectivity index (χ2v) is 5.83. The first-order valence-corrected chi connectivity index (χ1v) is 7.69. The summed E-state index contributed by atoms with van der Waals surface area (Å²) in [6.45, 7) is 1.36. The van der Waals surface area contributed by atoms with Crippen LogP contribution in [-0.4, -0.2) is 35.2 Å². The molecule has 118 valence electrons. The van der Waals surface area contributed by atoms with E-state index in [4.69, 9.17) is 9.47 Å². The van der Waals surface area contributed by atoms with Crippen molar-refractivity contribution in [2.24, 2.45) is 0 Å². The number of carbonyl (C=O) groups is 1. The molecule has 5 nitrogen and oxygen atoms in total. The molecule has 2 aromatic rings. The van der Waals surface area contributed by atoms with Gasteiger partial charge in [0.05, 0.1) is 0 Å². The predicted octanol–water partition coefficient (Wildman–Crippen LogP) is 2.12. The fourth-order valence-corrected chi connectivity index (χ4v) is 3.08. The van der Waals surface area contributed by atoms with Crippen LogP contribution in [0, 0.1) is 0 Å². The normalized spacial score (nSPS) is 19.1. The molecule has 1 atom stereocenters. The second kappa shape index (κ2) is 5.50. The number of hydrogen-bond acceptors (Lipinski definition) is 4. The summed E-state index contributed by atoms with van der Waals surface area (Å²) in [5.41, 5.74) is 2.17. The van der Waals surface area contributed by atoms with Gasteiger partial charge in [-0.25, -0.2) is 0 Å². The van der Waals surface area contributed by atoms with E-state index < -0.39 is 6.10 Å². The number of aromatic hydroxyl groups is 1. The molecule has 0 spiro atoms. The molecule has 23 heavy (non-hydrogen) atoms. The Kier molecular flexibility index (Phi) is 3.33. The maximum absolute atomic E-state index is 12.7. The monoisotopic (exact) mass is 311 g/mol. The second-order valence-electron chi connectivity index (χ2n) is 5.83. The molecule has 0 radical (unpaired) electrons. The molecule has 5 heteroatoms. The molecule has 0 saturated carbocycles. The van der Waals surface area contributed by atoms with Gasteiger partial charge in [0, 0.05) is 13.1 Å². The number of amides is 1. The van der Waals surface area contributed by atoms with Crippen LogP contribution in [0.3, 0.4) is 0 Å². The van der Waals surface area contributed by atoms with Crippen LogP contribution >= 0.6 is 0 Å². The minimum absolute atomic E-state index is 0.0755. The molecule has 0 aliphatic carbocycles. The fourth-order valence-electron chi connectivity index (χ4n) is 3.08. The lowest BCUT2D eigenvalue weighted by molar-refractivity contribution is -0.142. The lowest BCUT2D eigenvalue weighted by Gasteiger charge is -2.33. The summed E-state index contributed by atoms with van der Waals surface area (Å²) >= 11 is 0. The molecule has 0 unspecified atom stereocenters. The zero-order chi connectivity index (χ0) is 15.8. The van der Waals surface area contributed by atoms with Gasteiger partial charge >= 0.3 is 0 Å². The third kappa shape index (κ3) is 2.59. The number of phenolic OH excluding ortho intramolecular Hbond substituents is 1. The topological polar surface area (TPSA) is 59.0 Å². The van der Waals surface area contributed by atoms with Crippen LogP contribution in [0.2, 0.25) is 0 Å². The van der Waals surface area contributed by atoms with E-state index in [-0.39, 0.29) is 18.3 Å². The molecule has 1 amide bonds. The lowest BCUT2D eigenvalue weighted by atomic mass is 9.99. The van der Waals surface area contributed by atoms with Crippen LogP contribution in [-0.2, 0) is 17.8 Å². The lowest BCUT2D eigenvalue weighted by Crippen LogP contribution is -2.47. The third-order valence-electron chi connectivity index (χ3n) is 4.30. The van der Waals surface area contributed by atoms with Crippen LogP contribution in [0.1, 0.15) is 11.1 Å². The minimum atomic E-state index is -0.622. The first-order chi connectivity index (χ1) is 11.2. The van der Waals surface area contributed by atoms with Gasteiger partial charge in [-0.2, -0.15) is 0 Å². The summed E-state index contributed by atoms with van der Waals surface area (Å²) in [7, 11) is 0. The summed E-state index contributed by atoms with van der Waals surface area (Å²) < 4.78 is 11.4. The Balaban J connectivity index is 1.50.